The predicted octanol–water partition coefficient (Wildman–Crippen LogP) is 3.05. The predicted molar refractivity (Wildman–Crippen MR) is 61.0 cm³/mol. The van der Waals surface area contributed by atoms with Gasteiger partial charge in [-0.25, -0.2) is 4.39 Å². The largest absolute Gasteiger partial charge is 0.508 e. The van der Waals surface area contributed by atoms with Gasteiger partial charge in [0.1, 0.15) is 11.6 Å². The second-order valence-corrected chi connectivity index (χ2v) is 5.06. The molecule has 1 rings (SSSR count). The zero-order chi connectivity index (χ0) is 12.5. The first kappa shape index (κ1) is 13.0. The van der Waals surface area contributed by atoms with Crippen LogP contribution in [0.1, 0.15) is 25.8 Å². The van der Waals surface area contributed by atoms with Gasteiger partial charge in [0.05, 0.1) is 10.9 Å². The molecule has 5 heteroatoms. The van der Waals surface area contributed by atoms with Crippen molar-refractivity contribution < 1.29 is 19.4 Å². The van der Waals surface area contributed by atoms with E-state index in [9.17, 15) is 14.3 Å². The summed E-state index contributed by atoms with van der Waals surface area (Å²) in [5, 5.41) is 18.4. The summed E-state index contributed by atoms with van der Waals surface area (Å²) in [6.07, 6.45) is -0.256. The van der Waals surface area contributed by atoms with Gasteiger partial charge in [-0.2, -0.15) is 0 Å². The van der Waals surface area contributed by atoms with Crippen LogP contribution in [-0.2, 0) is 10.2 Å². The van der Waals surface area contributed by atoms with Crippen molar-refractivity contribution in [2.75, 3.05) is 0 Å². The molecule has 0 aromatic heterocycles. The van der Waals surface area contributed by atoms with E-state index in [1.807, 2.05) is 0 Å². The lowest BCUT2D eigenvalue weighted by atomic mass is 9.80. The number of carboxylic acids is 1. The Balaban J connectivity index is 3.31. The first-order chi connectivity index (χ1) is 7.25. The average molecular weight is 291 g/mol. The molecule has 0 saturated heterocycles. The Morgan fingerprint density at radius 3 is 2.56 bits per heavy atom. The van der Waals surface area contributed by atoms with Gasteiger partial charge in [-0.05, 0) is 28.1 Å². The van der Waals surface area contributed by atoms with Crippen LogP contribution in [0.4, 0.5) is 4.39 Å². The molecule has 16 heavy (non-hydrogen) atoms. The SMILES string of the molecule is CC(C)(CC(=O)O)c1c(O)ccc(Br)c1F. The highest BCUT2D eigenvalue weighted by atomic mass is 79.9. The second kappa shape index (κ2) is 4.41. The summed E-state index contributed by atoms with van der Waals surface area (Å²) in [6, 6.07) is 2.72. The third-order valence-corrected chi connectivity index (χ3v) is 2.96. The van der Waals surface area contributed by atoms with E-state index in [-0.39, 0.29) is 22.2 Å². The Kier molecular flexibility index (Phi) is 3.57. The number of carboxylic acid groups (broad SMARTS) is 1. The molecule has 88 valence electrons. The zero-order valence-corrected chi connectivity index (χ0v) is 10.5. The van der Waals surface area contributed by atoms with Crippen LogP contribution in [-0.4, -0.2) is 16.2 Å². The fraction of sp³-hybridized carbons (Fsp3) is 0.364. The van der Waals surface area contributed by atoms with Crippen LogP contribution in [0.25, 0.3) is 0 Å². The number of halogens is 2. The van der Waals surface area contributed by atoms with Crippen LogP contribution in [0.5, 0.6) is 5.75 Å². The molecule has 0 saturated carbocycles. The first-order valence-corrected chi connectivity index (χ1v) is 5.44. The Hall–Kier alpha value is -1.10. The smallest absolute Gasteiger partial charge is 0.304 e. The molecule has 0 bridgehead atoms. The maximum Gasteiger partial charge on any atom is 0.304 e. The van der Waals surface area contributed by atoms with Gasteiger partial charge >= 0.3 is 5.97 Å². The number of aromatic hydroxyl groups is 1. The van der Waals surface area contributed by atoms with E-state index in [1.54, 1.807) is 13.8 Å². The fourth-order valence-electron chi connectivity index (χ4n) is 1.65. The molecule has 3 nitrogen and oxygen atoms in total. The molecule has 0 aliphatic rings. The molecule has 1 aromatic carbocycles. The topological polar surface area (TPSA) is 57.5 Å². The Bertz CT molecular complexity index is 429. The minimum atomic E-state index is -1.04. The number of benzene rings is 1. The minimum Gasteiger partial charge on any atom is -0.508 e. The lowest BCUT2D eigenvalue weighted by Gasteiger charge is -2.24. The summed E-state index contributed by atoms with van der Waals surface area (Å²) >= 11 is 3.01. The van der Waals surface area contributed by atoms with Gasteiger partial charge in [0.15, 0.2) is 0 Å². The molecule has 0 spiro atoms. The number of carbonyl (C=O) groups is 1. The van der Waals surface area contributed by atoms with Gasteiger partial charge in [0.25, 0.3) is 0 Å². The highest BCUT2D eigenvalue weighted by Gasteiger charge is 2.31. The first-order valence-electron chi connectivity index (χ1n) is 4.65. The number of rotatable bonds is 3. The molecule has 1 aromatic rings. The molecule has 0 amide bonds. The van der Waals surface area contributed by atoms with E-state index < -0.39 is 17.2 Å². The molecule has 2 N–H and O–H groups in total. The van der Waals surface area contributed by atoms with E-state index in [4.69, 9.17) is 5.11 Å². The summed E-state index contributed by atoms with van der Waals surface area (Å²) in [4.78, 5) is 10.7. The third-order valence-electron chi connectivity index (χ3n) is 2.34. The lowest BCUT2D eigenvalue weighted by molar-refractivity contribution is -0.138. The summed E-state index contributed by atoms with van der Waals surface area (Å²) in [7, 11) is 0. The van der Waals surface area contributed by atoms with Crippen LogP contribution in [0.3, 0.4) is 0 Å². The fourth-order valence-corrected chi connectivity index (χ4v) is 1.98. The van der Waals surface area contributed by atoms with Gasteiger partial charge in [-0.15, -0.1) is 0 Å². The number of hydrogen-bond donors (Lipinski definition) is 2. The van der Waals surface area contributed by atoms with E-state index in [0.717, 1.165) is 0 Å². The zero-order valence-electron chi connectivity index (χ0n) is 8.92. The van der Waals surface area contributed by atoms with Crippen molar-refractivity contribution in [3.05, 3.63) is 28.0 Å². The van der Waals surface area contributed by atoms with E-state index in [0.29, 0.717) is 0 Å². The van der Waals surface area contributed by atoms with Gasteiger partial charge < -0.3 is 10.2 Å². The molecule has 0 unspecified atom stereocenters. The Labute approximate surface area is 101 Å². The van der Waals surface area contributed by atoms with Crippen molar-refractivity contribution >= 4 is 21.9 Å². The van der Waals surface area contributed by atoms with Crippen LogP contribution in [0.15, 0.2) is 16.6 Å². The molecular formula is C11H12BrFO3. The van der Waals surface area contributed by atoms with Gasteiger partial charge in [0, 0.05) is 11.0 Å². The maximum absolute atomic E-state index is 13.8. The number of phenols is 1. The molecule has 0 aliphatic heterocycles. The molecule has 0 aliphatic carbocycles. The molecule has 0 radical (unpaired) electrons. The van der Waals surface area contributed by atoms with Gasteiger partial charge in [-0.1, -0.05) is 13.8 Å². The lowest BCUT2D eigenvalue weighted by Crippen LogP contribution is -2.23. The number of hydrogen-bond acceptors (Lipinski definition) is 2. The maximum atomic E-state index is 13.8. The number of aliphatic carboxylic acids is 1. The monoisotopic (exact) mass is 290 g/mol. The van der Waals surface area contributed by atoms with Crippen LogP contribution in [0, 0.1) is 5.82 Å². The van der Waals surface area contributed by atoms with Crippen molar-refractivity contribution in [1.29, 1.82) is 0 Å². The molecule has 0 heterocycles. The van der Waals surface area contributed by atoms with Crippen molar-refractivity contribution in [1.82, 2.24) is 0 Å². The minimum absolute atomic E-state index is 0.0178. The Morgan fingerprint density at radius 1 is 1.50 bits per heavy atom. The van der Waals surface area contributed by atoms with E-state index in [1.165, 1.54) is 12.1 Å². The van der Waals surface area contributed by atoms with Crippen LogP contribution >= 0.6 is 15.9 Å². The summed E-state index contributed by atoms with van der Waals surface area (Å²) in [6.45, 7) is 3.15. The quantitative estimate of drug-likeness (QED) is 0.900. The average Bonchev–Trinajstić information content (AvgIpc) is 2.09. The summed E-state index contributed by atoms with van der Waals surface area (Å²) in [5.41, 5.74) is -0.951. The molecular weight excluding hydrogens is 279 g/mol. The second-order valence-electron chi connectivity index (χ2n) is 4.21. The Morgan fingerprint density at radius 2 is 2.06 bits per heavy atom. The van der Waals surface area contributed by atoms with E-state index >= 15 is 0 Å². The molecule has 0 atom stereocenters. The summed E-state index contributed by atoms with van der Waals surface area (Å²) < 4.78 is 14.0. The highest BCUT2D eigenvalue weighted by molar-refractivity contribution is 9.10. The van der Waals surface area contributed by atoms with Crippen molar-refractivity contribution in [2.45, 2.75) is 25.7 Å². The highest BCUT2D eigenvalue weighted by Crippen LogP contribution is 2.38. The summed E-state index contributed by atoms with van der Waals surface area (Å²) in [5.74, 6) is -1.89. The standard InChI is InChI=1S/C11H12BrFO3/c1-11(2,5-8(15)16)9-7(14)4-3-6(12)10(9)13/h3-4,14H,5H2,1-2H3,(H,15,16). The van der Waals surface area contributed by atoms with Gasteiger partial charge in [-0.3, -0.25) is 4.79 Å². The van der Waals surface area contributed by atoms with Crippen LogP contribution in [0.2, 0.25) is 0 Å². The number of phenolic OH excluding ortho intramolecular Hbond substituents is 1. The van der Waals surface area contributed by atoms with Crippen molar-refractivity contribution in [3.8, 4) is 5.75 Å². The van der Waals surface area contributed by atoms with Gasteiger partial charge in [0.2, 0.25) is 0 Å². The van der Waals surface area contributed by atoms with Crippen LogP contribution < -0.4 is 0 Å². The van der Waals surface area contributed by atoms with E-state index in [2.05, 4.69) is 15.9 Å². The van der Waals surface area contributed by atoms with Crippen molar-refractivity contribution in [3.63, 3.8) is 0 Å². The molecule has 0 fully saturated rings. The normalized spacial score (nSPS) is 11.5. The van der Waals surface area contributed by atoms with Crippen molar-refractivity contribution in [2.24, 2.45) is 0 Å². The third kappa shape index (κ3) is 2.52.